The Balaban J connectivity index is 4.61. The van der Waals surface area contributed by atoms with Crippen LogP contribution in [0.25, 0.3) is 0 Å². The molecule has 0 saturated carbocycles. The van der Waals surface area contributed by atoms with Crippen LogP contribution in [-0.4, -0.2) is 35.8 Å². The van der Waals surface area contributed by atoms with Gasteiger partial charge in [0.15, 0.2) is 0 Å². The summed E-state index contributed by atoms with van der Waals surface area (Å²) in [4.78, 5) is 25.5. The number of hydrogen-bond acceptors (Lipinski definition) is 2. The topological polar surface area (TPSA) is 49.4 Å². The van der Waals surface area contributed by atoms with Crippen molar-refractivity contribution in [1.82, 2.24) is 10.2 Å². The lowest BCUT2D eigenvalue weighted by atomic mass is 9.95. The Morgan fingerprint density at radius 1 is 1.22 bits per heavy atom. The van der Waals surface area contributed by atoms with Crippen LogP contribution in [0.1, 0.15) is 27.7 Å². The molecule has 0 heterocycles. The first-order valence-electron chi connectivity index (χ1n) is 6.05. The molecule has 4 nitrogen and oxygen atoms in total. The van der Waals surface area contributed by atoms with Gasteiger partial charge in [-0.1, -0.05) is 32.9 Å². The molecule has 0 rings (SSSR count). The fourth-order valence-electron chi connectivity index (χ4n) is 1.31. The van der Waals surface area contributed by atoms with Crippen molar-refractivity contribution >= 4 is 11.8 Å². The molecule has 0 radical (unpaired) electrons. The molecule has 0 bridgehead atoms. The predicted octanol–water partition coefficient (Wildman–Crippen LogP) is 1.74. The summed E-state index contributed by atoms with van der Waals surface area (Å²) >= 11 is 0. The van der Waals surface area contributed by atoms with Gasteiger partial charge in [0.05, 0.1) is 0 Å². The molecule has 0 saturated heterocycles. The number of amides is 2. The van der Waals surface area contributed by atoms with E-state index in [2.05, 4.69) is 18.5 Å². The monoisotopic (exact) mass is 252 g/mol. The highest BCUT2D eigenvalue weighted by Crippen LogP contribution is 2.13. The normalized spacial score (nSPS) is 12.4. The van der Waals surface area contributed by atoms with Gasteiger partial charge in [-0.15, -0.1) is 13.2 Å². The Kier molecular flexibility index (Phi) is 6.37. The molecular formula is C14H24N2O2. The molecule has 1 N–H and O–H groups in total. The maximum atomic E-state index is 12.1. The van der Waals surface area contributed by atoms with Crippen LogP contribution in [0.4, 0.5) is 0 Å². The van der Waals surface area contributed by atoms with E-state index >= 15 is 0 Å². The first-order chi connectivity index (χ1) is 8.23. The fourth-order valence-corrected chi connectivity index (χ4v) is 1.31. The maximum absolute atomic E-state index is 12.1. The highest BCUT2D eigenvalue weighted by molar-refractivity contribution is 5.89. The average Bonchev–Trinajstić information content (AvgIpc) is 2.26. The highest BCUT2D eigenvalue weighted by Gasteiger charge is 2.26. The molecule has 0 aliphatic heterocycles. The first-order valence-corrected chi connectivity index (χ1v) is 6.05. The molecular weight excluding hydrogens is 228 g/mol. The second-order valence-corrected chi connectivity index (χ2v) is 5.27. The standard InChI is InChI=1S/C14H24N2O2/c1-7-9-16(10-8-2)12(17)11(3)15-13(18)14(4,5)6/h7-8,11H,1-2,9-10H2,3-6H3,(H,15,18). The Morgan fingerprint density at radius 2 is 1.67 bits per heavy atom. The molecule has 4 heteroatoms. The molecule has 18 heavy (non-hydrogen) atoms. The number of rotatable bonds is 6. The third-order valence-corrected chi connectivity index (χ3v) is 2.41. The third kappa shape index (κ3) is 5.17. The lowest BCUT2D eigenvalue weighted by Crippen LogP contribution is -2.49. The molecule has 2 amide bonds. The smallest absolute Gasteiger partial charge is 0.245 e. The van der Waals surface area contributed by atoms with Gasteiger partial charge in [-0.2, -0.15) is 0 Å². The zero-order valence-corrected chi connectivity index (χ0v) is 11.8. The molecule has 1 unspecified atom stereocenters. The molecule has 0 aromatic carbocycles. The van der Waals surface area contributed by atoms with Crippen molar-refractivity contribution < 1.29 is 9.59 Å². The Hall–Kier alpha value is -1.58. The highest BCUT2D eigenvalue weighted by atomic mass is 16.2. The van der Waals surface area contributed by atoms with Crippen LogP contribution in [0, 0.1) is 5.41 Å². The summed E-state index contributed by atoms with van der Waals surface area (Å²) in [5.41, 5.74) is -0.504. The van der Waals surface area contributed by atoms with Crippen molar-refractivity contribution in [3.05, 3.63) is 25.3 Å². The van der Waals surface area contributed by atoms with Crippen molar-refractivity contribution in [2.45, 2.75) is 33.7 Å². The summed E-state index contributed by atoms with van der Waals surface area (Å²) in [6, 6.07) is -0.545. The summed E-state index contributed by atoms with van der Waals surface area (Å²) in [6.07, 6.45) is 3.30. The SMILES string of the molecule is C=CCN(CC=C)C(=O)C(C)NC(=O)C(C)(C)C. The van der Waals surface area contributed by atoms with E-state index in [0.29, 0.717) is 13.1 Å². The minimum Gasteiger partial charge on any atom is -0.344 e. The molecule has 102 valence electrons. The van der Waals surface area contributed by atoms with Gasteiger partial charge in [0.2, 0.25) is 11.8 Å². The van der Waals surface area contributed by atoms with E-state index in [1.807, 2.05) is 20.8 Å². The van der Waals surface area contributed by atoms with E-state index in [0.717, 1.165) is 0 Å². The zero-order valence-electron chi connectivity index (χ0n) is 11.8. The van der Waals surface area contributed by atoms with Gasteiger partial charge in [0.1, 0.15) is 6.04 Å². The molecule has 1 atom stereocenters. The summed E-state index contributed by atoms with van der Waals surface area (Å²) in [6.45, 7) is 15.2. The van der Waals surface area contributed by atoms with Crippen molar-refractivity contribution in [3.63, 3.8) is 0 Å². The summed E-state index contributed by atoms with van der Waals surface area (Å²) in [7, 11) is 0. The summed E-state index contributed by atoms with van der Waals surface area (Å²) < 4.78 is 0. The zero-order chi connectivity index (χ0) is 14.3. The Morgan fingerprint density at radius 3 is 2.00 bits per heavy atom. The van der Waals surface area contributed by atoms with Crippen LogP contribution in [-0.2, 0) is 9.59 Å². The number of carbonyl (C=O) groups is 2. The van der Waals surface area contributed by atoms with E-state index < -0.39 is 11.5 Å². The number of carbonyl (C=O) groups excluding carboxylic acids is 2. The van der Waals surface area contributed by atoms with Crippen molar-refractivity contribution in [2.75, 3.05) is 13.1 Å². The number of nitrogens with one attached hydrogen (secondary N) is 1. The second kappa shape index (κ2) is 6.99. The van der Waals surface area contributed by atoms with Gasteiger partial charge in [-0.25, -0.2) is 0 Å². The van der Waals surface area contributed by atoms with Crippen molar-refractivity contribution in [1.29, 1.82) is 0 Å². The van der Waals surface area contributed by atoms with Gasteiger partial charge >= 0.3 is 0 Å². The van der Waals surface area contributed by atoms with Crippen molar-refractivity contribution in [3.8, 4) is 0 Å². The largest absolute Gasteiger partial charge is 0.344 e. The molecule has 0 spiro atoms. The maximum Gasteiger partial charge on any atom is 0.245 e. The number of nitrogens with zero attached hydrogens (tertiary/aromatic N) is 1. The van der Waals surface area contributed by atoms with Crippen LogP contribution >= 0.6 is 0 Å². The quantitative estimate of drug-likeness (QED) is 0.732. The van der Waals surface area contributed by atoms with Gasteiger partial charge in [-0.05, 0) is 6.92 Å². The molecule has 0 aromatic rings. The second-order valence-electron chi connectivity index (χ2n) is 5.27. The van der Waals surface area contributed by atoms with Gasteiger partial charge in [0, 0.05) is 18.5 Å². The van der Waals surface area contributed by atoms with E-state index in [1.165, 1.54) is 0 Å². The molecule has 0 aliphatic rings. The average molecular weight is 252 g/mol. The van der Waals surface area contributed by atoms with E-state index in [1.54, 1.807) is 24.0 Å². The minimum atomic E-state index is -0.545. The van der Waals surface area contributed by atoms with Crippen LogP contribution in [0.2, 0.25) is 0 Å². The van der Waals surface area contributed by atoms with Crippen LogP contribution in [0.15, 0.2) is 25.3 Å². The number of hydrogen-bond donors (Lipinski definition) is 1. The first kappa shape index (κ1) is 16.4. The van der Waals surface area contributed by atoms with E-state index in [-0.39, 0.29) is 11.8 Å². The Labute approximate surface area is 110 Å². The summed E-state index contributed by atoms with van der Waals surface area (Å²) in [5, 5.41) is 2.72. The van der Waals surface area contributed by atoms with Crippen LogP contribution < -0.4 is 5.32 Å². The fraction of sp³-hybridized carbons (Fsp3) is 0.571. The lowest BCUT2D eigenvalue weighted by molar-refractivity contribution is -0.137. The van der Waals surface area contributed by atoms with Gasteiger partial charge < -0.3 is 10.2 Å². The van der Waals surface area contributed by atoms with E-state index in [9.17, 15) is 9.59 Å². The lowest BCUT2D eigenvalue weighted by Gasteiger charge is -2.26. The van der Waals surface area contributed by atoms with E-state index in [4.69, 9.17) is 0 Å². The minimum absolute atomic E-state index is 0.132. The van der Waals surface area contributed by atoms with Gasteiger partial charge in [0.25, 0.3) is 0 Å². The van der Waals surface area contributed by atoms with Crippen molar-refractivity contribution in [2.24, 2.45) is 5.41 Å². The predicted molar refractivity (Wildman–Crippen MR) is 74.0 cm³/mol. The molecule has 0 fully saturated rings. The van der Waals surface area contributed by atoms with Crippen LogP contribution in [0.3, 0.4) is 0 Å². The third-order valence-electron chi connectivity index (χ3n) is 2.41. The van der Waals surface area contributed by atoms with Gasteiger partial charge in [-0.3, -0.25) is 9.59 Å². The molecule has 0 aromatic heterocycles. The Bertz CT molecular complexity index is 319. The van der Waals surface area contributed by atoms with Crippen LogP contribution in [0.5, 0.6) is 0 Å². The molecule has 0 aliphatic carbocycles. The summed E-state index contributed by atoms with van der Waals surface area (Å²) in [5.74, 6) is -0.270.